The van der Waals surface area contributed by atoms with Crippen LogP contribution in [0.15, 0.2) is 48.5 Å². The van der Waals surface area contributed by atoms with E-state index in [9.17, 15) is 9.59 Å². The summed E-state index contributed by atoms with van der Waals surface area (Å²) < 4.78 is 7.36. The van der Waals surface area contributed by atoms with E-state index in [0.29, 0.717) is 18.9 Å². The van der Waals surface area contributed by atoms with Crippen molar-refractivity contribution in [3.63, 3.8) is 0 Å². The average Bonchev–Trinajstić information content (AvgIpc) is 3.40. The molecule has 33 heavy (non-hydrogen) atoms. The van der Waals surface area contributed by atoms with E-state index in [4.69, 9.17) is 9.72 Å². The number of hydrogen-bond acceptors (Lipinski definition) is 4. The van der Waals surface area contributed by atoms with E-state index in [1.54, 1.807) is 12.0 Å². The lowest BCUT2D eigenvalue weighted by Crippen LogP contribution is -2.40. The molecule has 0 bridgehead atoms. The molecule has 0 aliphatic carbocycles. The zero-order chi connectivity index (χ0) is 22.9. The summed E-state index contributed by atoms with van der Waals surface area (Å²) in [5, 5.41) is 0. The van der Waals surface area contributed by atoms with Gasteiger partial charge in [0.25, 0.3) is 0 Å². The van der Waals surface area contributed by atoms with Crippen LogP contribution in [0.25, 0.3) is 11.0 Å². The number of carbonyl (C=O) groups excluding carboxylic acids is 2. The number of imidazole rings is 1. The van der Waals surface area contributed by atoms with Crippen molar-refractivity contribution in [2.45, 2.75) is 38.6 Å². The molecule has 1 aromatic heterocycles. The van der Waals surface area contributed by atoms with E-state index in [0.717, 1.165) is 54.2 Å². The number of hydrogen-bond donors (Lipinski definition) is 0. The average molecular weight is 447 g/mol. The van der Waals surface area contributed by atoms with Gasteiger partial charge in [-0.05, 0) is 43.0 Å². The van der Waals surface area contributed by atoms with Gasteiger partial charge in [0, 0.05) is 43.7 Å². The molecule has 2 aliphatic heterocycles. The maximum Gasteiger partial charge on any atom is 0.242 e. The molecule has 3 heterocycles. The van der Waals surface area contributed by atoms with Gasteiger partial charge in [0.05, 0.1) is 18.1 Å². The Hall–Kier alpha value is -3.35. The standard InChI is InChI=1S/C26H30N4O3/c1-18-10-12-28(13-11-18)25(32)17-30-23-9-4-3-8-22(23)27-26(30)19-14-24(31)29(16-19)20-6-5-7-21(15-20)33-2/h3-9,15,18-19H,10-14,16-17H2,1-2H3/t19-/m0/s1. The minimum atomic E-state index is -0.0784. The molecule has 2 fully saturated rings. The first-order chi connectivity index (χ1) is 16.0. The molecule has 172 valence electrons. The van der Waals surface area contributed by atoms with Crippen LogP contribution in [0.3, 0.4) is 0 Å². The molecular weight excluding hydrogens is 416 g/mol. The number of carbonyl (C=O) groups is 2. The fourth-order valence-electron chi connectivity index (χ4n) is 4.97. The third kappa shape index (κ3) is 4.19. The van der Waals surface area contributed by atoms with Crippen molar-refractivity contribution in [2.75, 3.05) is 31.6 Å². The van der Waals surface area contributed by atoms with Gasteiger partial charge in [-0.3, -0.25) is 9.59 Å². The third-order valence-corrected chi connectivity index (χ3v) is 6.97. The van der Waals surface area contributed by atoms with Crippen molar-refractivity contribution in [1.82, 2.24) is 14.5 Å². The van der Waals surface area contributed by atoms with Crippen LogP contribution >= 0.6 is 0 Å². The minimum Gasteiger partial charge on any atom is -0.497 e. The fourth-order valence-corrected chi connectivity index (χ4v) is 4.97. The normalized spacial score (nSPS) is 19.5. The van der Waals surface area contributed by atoms with Crippen molar-refractivity contribution >= 4 is 28.5 Å². The summed E-state index contributed by atoms with van der Waals surface area (Å²) in [5.74, 6) is 2.31. The van der Waals surface area contributed by atoms with Crippen molar-refractivity contribution in [2.24, 2.45) is 5.92 Å². The summed E-state index contributed by atoms with van der Waals surface area (Å²) in [7, 11) is 1.62. The topological polar surface area (TPSA) is 67.7 Å². The van der Waals surface area contributed by atoms with Crippen LogP contribution in [-0.4, -0.2) is 53.0 Å². The highest BCUT2D eigenvalue weighted by molar-refractivity contribution is 5.96. The Kier molecular flexibility index (Phi) is 5.79. The maximum atomic E-state index is 13.2. The monoisotopic (exact) mass is 446 g/mol. The first kappa shape index (κ1) is 21.5. The van der Waals surface area contributed by atoms with Crippen molar-refractivity contribution in [3.05, 3.63) is 54.4 Å². The molecule has 2 saturated heterocycles. The van der Waals surface area contributed by atoms with Gasteiger partial charge in [0.2, 0.25) is 11.8 Å². The molecule has 2 amide bonds. The Bertz CT molecular complexity index is 1180. The number of amides is 2. The summed E-state index contributed by atoms with van der Waals surface area (Å²) in [6.07, 6.45) is 2.47. The van der Waals surface area contributed by atoms with E-state index in [1.807, 2.05) is 58.0 Å². The number of rotatable bonds is 5. The highest BCUT2D eigenvalue weighted by Gasteiger charge is 2.35. The Balaban J connectivity index is 1.43. The molecule has 0 saturated carbocycles. The highest BCUT2D eigenvalue weighted by atomic mass is 16.5. The van der Waals surface area contributed by atoms with Gasteiger partial charge < -0.3 is 19.1 Å². The SMILES string of the molecule is COc1cccc(N2C[C@@H](c3nc4ccccc4n3CC(=O)N3CCC(C)CC3)CC2=O)c1. The number of fused-ring (bicyclic) bond motifs is 1. The Labute approximate surface area is 193 Å². The van der Waals surface area contributed by atoms with E-state index in [1.165, 1.54) is 0 Å². The summed E-state index contributed by atoms with van der Waals surface area (Å²) in [5.41, 5.74) is 2.63. The van der Waals surface area contributed by atoms with Crippen LogP contribution in [0.4, 0.5) is 5.69 Å². The van der Waals surface area contributed by atoms with Gasteiger partial charge in [0.1, 0.15) is 18.1 Å². The second kappa shape index (κ2) is 8.89. The van der Waals surface area contributed by atoms with Crippen LogP contribution in [-0.2, 0) is 16.1 Å². The smallest absolute Gasteiger partial charge is 0.242 e. The zero-order valence-corrected chi connectivity index (χ0v) is 19.2. The van der Waals surface area contributed by atoms with Crippen LogP contribution in [0.5, 0.6) is 5.75 Å². The van der Waals surface area contributed by atoms with Gasteiger partial charge in [0.15, 0.2) is 0 Å². The van der Waals surface area contributed by atoms with Crippen molar-refractivity contribution in [1.29, 1.82) is 0 Å². The second-order valence-corrected chi connectivity index (χ2v) is 9.22. The van der Waals surface area contributed by atoms with Gasteiger partial charge in [-0.15, -0.1) is 0 Å². The molecule has 2 aromatic carbocycles. The molecule has 0 unspecified atom stereocenters. The summed E-state index contributed by atoms with van der Waals surface area (Å²) >= 11 is 0. The molecule has 3 aromatic rings. The van der Waals surface area contributed by atoms with Crippen molar-refractivity contribution < 1.29 is 14.3 Å². The Morgan fingerprint density at radius 2 is 1.91 bits per heavy atom. The summed E-state index contributed by atoms with van der Waals surface area (Å²) in [6, 6.07) is 15.5. The fraction of sp³-hybridized carbons (Fsp3) is 0.423. The number of para-hydroxylation sites is 2. The van der Waals surface area contributed by atoms with Gasteiger partial charge >= 0.3 is 0 Å². The number of methoxy groups -OCH3 is 1. The number of ether oxygens (including phenoxy) is 1. The molecule has 0 N–H and O–H groups in total. The predicted octanol–water partition coefficient (Wildman–Crippen LogP) is 3.82. The molecule has 7 nitrogen and oxygen atoms in total. The Morgan fingerprint density at radius 1 is 1.12 bits per heavy atom. The van der Waals surface area contributed by atoms with E-state index < -0.39 is 0 Å². The van der Waals surface area contributed by atoms with Crippen LogP contribution in [0, 0.1) is 5.92 Å². The maximum absolute atomic E-state index is 13.2. The number of likely N-dealkylation sites (tertiary alicyclic amines) is 1. The highest BCUT2D eigenvalue weighted by Crippen LogP contribution is 2.34. The molecule has 2 aliphatic rings. The summed E-state index contributed by atoms with van der Waals surface area (Å²) in [4.78, 5) is 34.8. The zero-order valence-electron chi connectivity index (χ0n) is 19.2. The molecule has 1 atom stereocenters. The number of piperidine rings is 1. The lowest BCUT2D eigenvalue weighted by Gasteiger charge is -2.30. The minimum absolute atomic E-state index is 0.0585. The number of aromatic nitrogens is 2. The quantitative estimate of drug-likeness (QED) is 0.598. The third-order valence-electron chi connectivity index (χ3n) is 6.97. The van der Waals surface area contributed by atoms with Crippen molar-refractivity contribution in [3.8, 4) is 5.75 Å². The first-order valence-corrected chi connectivity index (χ1v) is 11.7. The molecule has 5 rings (SSSR count). The van der Waals surface area contributed by atoms with E-state index in [2.05, 4.69) is 6.92 Å². The van der Waals surface area contributed by atoms with E-state index in [-0.39, 0.29) is 24.3 Å². The number of nitrogens with zero attached hydrogens (tertiary/aromatic N) is 4. The van der Waals surface area contributed by atoms with Gasteiger partial charge in [-0.1, -0.05) is 25.1 Å². The molecule has 0 radical (unpaired) electrons. The van der Waals surface area contributed by atoms with Crippen LogP contribution in [0.1, 0.15) is 37.9 Å². The van der Waals surface area contributed by atoms with Crippen LogP contribution < -0.4 is 9.64 Å². The molecule has 7 heteroatoms. The number of anilines is 1. The lowest BCUT2D eigenvalue weighted by atomic mass is 9.99. The van der Waals surface area contributed by atoms with Gasteiger partial charge in [-0.25, -0.2) is 4.98 Å². The lowest BCUT2D eigenvalue weighted by molar-refractivity contribution is -0.133. The van der Waals surface area contributed by atoms with E-state index >= 15 is 0 Å². The largest absolute Gasteiger partial charge is 0.497 e. The van der Waals surface area contributed by atoms with Gasteiger partial charge in [-0.2, -0.15) is 0 Å². The first-order valence-electron chi connectivity index (χ1n) is 11.7. The Morgan fingerprint density at radius 3 is 2.70 bits per heavy atom. The number of benzene rings is 2. The molecule has 0 spiro atoms. The second-order valence-electron chi connectivity index (χ2n) is 9.22. The predicted molar refractivity (Wildman–Crippen MR) is 127 cm³/mol. The molecular formula is C26H30N4O3. The van der Waals surface area contributed by atoms with Crippen LogP contribution in [0.2, 0.25) is 0 Å². The summed E-state index contributed by atoms with van der Waals surface area (Å²) in [6.45, 7) is 4.66.